The molecule has 424 valence electrons. The predicted molar refractivity (Wildman–Crippen MR) is 272 cm³/mol. The number of aliphatic carboxylic acids is 6. The van der Waals surface area contributed by atoms with E-state index in [1.54, 1.807) is 32.3 Å². The monoisotopic (exact) mass is 1080 g/mol. The molecule has 2 aromatic carbocycles. The van der Waals surface area contributed by atoms with Crippen LogP contribution in [-0.2, 0) is 56.0 Å². The number of benzene rings is 2. The third-order valence-electron chi connectivity index (χ3n) is 11.4. The van der Waals surface area contributed by atoms with E-state index in [2.05, 4.69) is 0 Å². The lowest BCUT2D eigenvalue weighted by Crippen LogP contribution is -2.65. The second-order valence-electron chi connectivity index (χ2n) is 17.9. The van der Waals surface area contributed by atoms with Gasteiger partial charge < -0.3 is 95.5 Å². The van der Waals surface area contributed by atoms with E-state index in [0.29, 0.717) is 18.5 Å². The van der Waals surface area contributed by atoms with E-state index in [1.807, 2.05) is 19.0 Å². The van der Waals surface area contributed by atoms with Gasteiger partial charge in [0.25, 0.3) is 11.9 Å². The van der Waals surface area contributed by atoms with Gasteiger partial charge in [0.1, 0.15) is 52.8 Å². The maximum Gasteiger partial charge on any atom is 0.320 e. The highest BCUT2D eigenvalue weighted by atomic mass is 16.4. The van der Waals surface area contributed by atoms with Gasteiger partial charge in [0.15, 0.2) is 11.4 Å². The van der Waals surface area contributed by atoms with Crippen molar-refractivity contribution in [1.29, 1.82) is 0 Å². The van der Waals surface area contributed by atoms with Crippen LogP contribution in [0.3, 0.4) is 0 Å². The first-order chi connectivity index (χ1) is 35.0. The lowest BCUT2D eigenvalue weighted by Gasteiger charge is -2.50. The lowest BCUT2D eigenvalue weighted by atomic mass is 9.57. The number of hydrogen-bond donors (Lipinski definition) is 17. The van der Waals surface area contributed by atoms with Gasteiger partial charge in [-0.1, -0.05) is 18.6 Å². The second kappa shape index (κ2) is 31.2. The lowest BCUT2D eigenvalue weighted by molar-refractivity contribution is -0.154. The number of likely N-dealkylation sites (N-methyl/N-ethyl adjacent to an activating group) is 1. The molecule has 1 fully saturated rings. The number of aliphatic hydroxyl groups is 3. The van der Waals surface area contributed by atoms with Gasteiger partial charge in [-0.25, -0.2) is 0 Å². The van der Waals surface area contributed by atoms with Crippen molar-refractivity contribution >= 4 is 64.7 Å². The largest absolute Gasteiger partial charge is 0.508 e. The van der Waals surface area contributed by atoms with Crippen LogP contribution in [0.2, 0.25) is 0 Å². The molecule has 0 saturated heterocycles. The highest BCUT2D eigenvalue weighted by Crippen LogP contribution is 2.53. The number of ketones is 2. The van der Waals surface area contributed by atoms with E-state index in [-0.39, 0.29) is 54.7 Å². The zero-order valence-electron chi connectivity index (χ0n) is 42.8. The standard InChI is InChI=1S/C23H27N3O7.C9H11NO3.C6H14N2O2.C5H9NO4.C3H7NO2.C2H4O2/c1-25(2)12-5-6-13(27)15-10(12)7-9-8-11-17(26(3)4)19(29)16(22(24)32)21(31)23(11,33)20(30)14(9)18(15)28;10-8(9(12)13)5-6-1-3-7(11)4-2-6;7-4-2-1-3-5(8)6(9)10;6-3(5(9)10)1-2-4(7)8;1-2(4)3(5)6;1-2(3)4/h5-6,9,11,17,27-28,31,33H,7-8H2,1-4H3,(H2,24,32);1-4,8,11H,5,10H2,(H,12,13);5H,1-4,7-8H2,(H,9,10);3H,1-2,6H2,(H,7,8)(H,9,10);2H,4H2,1H3,(H,5,6);1H3,(H,3,4)/t9-,11-,17-,23-;8-;5-;3-;2-;/m00000./s1. The molecule has 0 aromatic heterocycles. The van der Waals surface area contributed by atoms with Crippen molar-refractivity contribution in [1.82, 2.24) is 4.90 Å². The van der Waals surface area contributed by atoms with Crippen LogP contribution in [0.4, 0.5) is 5.69 Å². The summed E-state index contributed by atoms with van der Waals surface area (Å²) in [6.45, 7) is 3.11. The number of unbranched alkanes of at least 4 members (excludes halogenated alkanes) is 1. The van der Waals surface area contributed by atoms with Crippen molar-refractivity contribution in [3.63, 3.8) is 0 Å². The summed E-state index contributed by atoms with van der Waals surface area (Å²) in [5.41, 5.74) is 29.5. The summed E-state index contributed by atoms with van der Waals surface area (Å²) >= 11 is 0. The first kappa shape index (κ1) is 68.3. The minimum absolute atomic E-state index is 0.0231. The molecule has 23 N–H and O–H groups in total. The number of nitrogens with two attached hydrogens (primary N) is 6. The van der Waals surface area contributed by atoms with Crippen LogP contribution >= 0.6 is 0 Å². The molecule has 8 atom stereocenters. The number of phenols is 2. The molecule has 5 rings (SSSR count). The minimum Gasteiger partial charge on any atom is -0.508 e. The number of nitrogens with zero attached hydrogens (tertiary/aromatic N) is 2. The molecule has 0 unspecified atom stereocenters. The number of carboxylic acid groups (broad SMARTS) is 6. The summed E-state index contributed by atoms with van der Waals surface area (Å²) in [7, 11) is 6.75. The molecule has 76 heavy (non-hydrogen) atoms. The number of rotatable bonds is 16. The molecule has 0 heterocycles. The summed E-state index contributed by atoms with van der Waals surface area (Å²) < 4.78 is 0. The highest BCUT2D eigenvalue weighted by molar-refractivity contribution is 6.24. The van der Waals surface area contributed by atoms with Gasteiger partial charge in [0, 0.05) is 44.6 Å². The van der Waals surface area contributed by atoms with Gasteiger partial charge in [-0.15, -0.1) is 0 Å². The molecule has 0 aliphatic heterocycles. The van der Waals surface area contributed by atoms with Crippen molar-refractivity contribution in [2.75, 3.05) is 39.6 Å². The first-order valence-electron chi connectivity index (χ1n) is 23.0. The van der Waals surface area contributed by atoms with E-state index in [9.17, 15) is 58.8 Å². The van der Waals surface area contributed by atoms with Crippen molar-refractivity contribution in [3.05, 3.63) is 70.0 Å². The topological polar surface area (TPSA) is 539 Å². The van der Waals surface area contributed by atoms with Gasteiger partial charge in [0.2, 0.25) is 5.78 Å². The van der Waals surface area contributed by atoms with Crippen LogP contribution in [0.25, 0.3) is 5.76 Å². The Morgan fingerprint density at radius 3 is 1.63 bits per heavy atom. The Labute approximate surface area is 436 Å². The molecular formula is C48H72N8O20. The SMILES string of the molecule is CC(=O)O.CN(C)c1ccc(O)c2c1C[C@H]1C[C@H]3[C@H](N(C)C)C(=O)C(C(N)=O)=C(O)[C@@]3(O)C(=O)C1=C2O.C[C@H](N)C(=O)O.NCCCC[C@H](N)C(=O)O.N[C@@H](CCC(=O)O)C(=O)O.N[C@@H](Cc1ccc(O)cc1)C(=O)O. The number of anilines is 1. The fraction of sp³-hybridized carbons (Fsp3) is 0.479. The number of carboxylic acids is 6. The number of phenolic OH excluding ortho intramolecular Hbond substituents is 2. The third kappa shape index (κ3) is 19.8. The molecule has 28 heteroatoms. The van der Waals surface area contributed by atoms with E-state index in [0.717, 1.165) is 31.0 Å². The molecular weight excluding hydrogens is 1010 g/mol. The fourth-order valence-corrected chi connectivity index (χ4v) is 7.65. The maximum absolute atomic E-state index is 13.7. The molecule has 3 aliphatic carbocycles. The molecule has 3 aliphatic rings. The van der Waals surface area contributed by atoms with E-state index in [1.165, 1.54) is 30.0 Å². The smallest absolute Gasteiger partial charge is 0.320 e. The highest BCUT2D eigenvalue weighted by Gasteiger charge is 2.64. The number of fused-ring (bicyclic) bond motifs is 3. The number of carbonyl (C=O) groups excluding carboxylic acids is 3. The second-order valence-corrected chi connectivity index (χ2v) is 17.9. The van der Waals surface area contributed by atoms with E-state index < -0.39 is 118 Å². The van der Waals surface area contributed by atoms with Gasteiger partial charge in [-0.2, -0.15) is 0 Å². The zero-order chi connectivity index (χ0) is 59.3. The number of hydrogen-bond acceptors (Lipinski definition) is 21. The van der Waals surface area contributed by atoms with Gasteiger partial charge in [0.05, 0.1) is 11.6 Å². The summed E-state index contributed by atoms with van der Waals surface area (Å²) in [5.74, 6) is -12.3. The Hall–Kier alpha value is -7.73. The molecule has 2 aromatic rings. The molecule has 0 bridgehead atoms. The summed E-state index contributed by atoms with van der Waals surface area (Å²) in [6.07, 6.45) is 2.54. The normalized spacial score (nSPS) is 19.5. The van der Waals surface area contributed by atoms with Crippen molar-refractivity contribution in [2.24, 2.45) is 46.2 Å². The number of amides is 1. The third-order valence-corrected chi connectivity index (χ3v) is 11.4. The fourth-order valence-electron chi connectivity index (χ4n) is 7.65. The van der Waals surface area contributed by atoms with E-state index in [4.69, 9.17) is 74.9 Å². The van der Waals surface area contributed by atoms with Crippen molar-refractivity contribution in [3.8, 4) is 11.5 Å². The molecule has 0 spiro atoms. The zero-order valence-corrected chi connectivity index (χ0v) is 42.8. The summed E-state index contributed by atoms with van der Waals surface area (Å²) in [6, 6.07) is 4.93. The maximum atomic E-state index is 13.7. The van der Waals surface area contributed by atoms with Crippen LogP contribution in [-0.4, -0.2) is 185 Å². The number of carbonyl (C=O) groups is 9. The first-order valence-corrected chi connectivity index (χ1v) is 23.0. The Morgan fingerprint density at radius 1 is 0.737 bits per heavy atom. The van der Waals surface area contributed by atoms with Crippen LogP contribution in [0.1, 0.15) is 69.1 Å². The number of primary amides is 1. The number of Topliss-reactive ketones (excluding diaryl/α,β-unsaturated/α-hetero) is 2. The Bertz CT molecular complexity index is 2460. The summed E-state index contributed by atoms with van der Waals surface area (Å²) in [4.78, 5) is 101. The average Bonchev–Trinajstić information content (AvgIpc) is 3.30. The van der Waals surface area contributed by atoms with Gasteiger partial charge >= 0.3 is 29.8 Å². The van der Waals surface area contributed by atoms with Gasteiger partial charge in [-0.05, 0) is 107 Å². The number of aromatic hydroxyl groups is 2. The molecule has 1 amide bonds. The van der Waals surface area contributed by atoms with Crippen LogP contribution in [0, 0.1) is 11.8 Å². The average molecular weight is 1080 g/mol. The van der Waals surface area contributed by atoms with E-state index >= 15 is 0 Å². The summed E-state index contributed by atoms with van der Waals surface area (Å²) in [5, 5.41) is 101. The predicted octanol–water partition coefficient (Wildman–Crippen LogP) is -1.32. The van der Waals surface area contributed by atoms with Crippen molar-refractivity contribution < 1.29 is 99.3 Å². The van der Waals surface area contributed by atoms with Crippen LogP contribution in [0.15, 0.2) is 53.3 Å². The van der Waals surface area contributed by atoms with Crippen LogP contribution < -0.4 is 39.3 Å². The molecule has 0 radical (unpaired) electrons. The Morgan fingerprint density at radius 2 is 1.22 bits per heavy atom. The number of aliphatic hydroxyl groups excluding tert-OH is 2. The van der Waals surface area contributed by atoms with Crippen molar-refractivity contribution in [2.45, 2.75) is 101 Å². The molecule has 28 nitrogen and oxygen atoms in total. The Kier molecular flexibility index (Phi) is 28.0. The van der Waals surface area contributed by atoms with Gasteiger partial charge in [-0.3, -0.25) is 48.1 Å². The Balaban J connectivity index is 0.00000107. The molecule has 1 saturated carbocycles. The minimum atomic E-state index is -2.63. The van der Waals surface area contributed by atoms with Crippen LogP contribution in [0.5, 0.6) is 11.5 Å². The quantitative estimate of drug-likeness (QED) is 0.0684.